The molecule has 3 rings (SSSR count). The van der Waals surface area contributed by atoms with Crippen LogP contribution in [0.25, 0.3) is 0 Å². The predicted octanol–water partition coefficient (Wildman–Crippen LogP) is 3.49. The summed E-state index contributed by atoms with van der Waals surface area (Å²) in [5, 5.41) is 11.9. The Morgan fingerprint density at radius 3 is 2.43 bits per heavy atom. The number of sulfonamides is 1. The van der Waals surface area contributed by atoms with Crippen molar-refractivity contribution in [2.24, 2.45) is 0 Å². The molecule has 0 saturated carbocycles. The van der Waals surface area contributed by atoms with Gasteiger partial charge < -0.3 is 5.32 Å². The molecule has 1 unspecified atom stereocenters. The molecule has 2 aromatic rings. The molecule has 28 heavy (non-hydrogen) atoms. The van der Waals surface area contributed by atoms with Crippen molar-refractivity contribution in [2.75, 3.05) is 13.1 Å². The zero-order valence-corrected chi connectivity index (χ0v) is 16.9. The van der Waals surface area contributed by atoms with E-state index >= 15 is 0 Å². The Kier molecular flexibility index (Phi) is 6.04. The smallest absolute Gasteiger partial charge is 0.253 e. The Morgan fingerprint density at radius 2 is 1.82 bits per heavy atom. The standard InChI is InChI=1S/C20H20ClN3O3S/c1-14(16-6-4-15(13-22)5-7-16)23-20(25)18-12-17(8-9-19(18)21)28(26,27)24-10-2-3-11-24/h4-9,12,14H,2-3,10-11H2,1H3,(H,23,25). The van der Waals surface area contributed by atoms with Crippen molar-refractivity contribution in [2.45, 2.75) is 30.7 Å². The molecule has 0 bridgehead atoms. The van der Waals surface area contributed by atoms with Crippen LogP contribution in [0.4, 0.5) is 0 Å². The Morgan fingerprint density at radius 1 is 1.18 bits per heavy atom. The van der Waals surface area contributed by atoms with Gasteiger partial charge in [-0.25, -0.2) is 8.42 Å². The molecule has 6 nitrogen and oxygen atoms in total. The minimum absolute atomic E-state index is 0.0648. The fourth-order valence-electron chi connectivity index (χ4n) is 3.12. The van der Waals surface area contributed by atoms with Crippen molar-refractivity contribution in [3.8, 4) is 6.07 Å². The summed E-state index contributed by atoms with van der Waals surface area (Å²) in [6, 6.07) is 12.8. The lowest BCUT2D eigenvalue weighted by Gasteiger charge is -2.18. The van der Waals surface area contributed by atoms with Gasteiger partial charge in [-0.05, 0) is 55.7 Å². The van der Waals surface area contributed by atoms with E-state index in [-0.39, 0.29) is 21.5 Å². The van der Waals surface area contributed by atoms with Crippen LogP contribution in [0.15, 0.2) is 47.4 Å². The maximum Gasteiger partial charge on any atom is 0.253 e. The summed E-state index contributed by atoms with van der Waals surface area (Å²) in [5.74, 6) is -0.458. The number of nitrogens with zero attached hydrogens (tertiary/aromatic N) is 2. The summed E-state index contributed by atoms with van der Waals surface area (Å²) in [7, 11) is -3.64. The highest BCUT2D eigenvalue weighted by molar-refractivity contribution is 7.89. The normalized spacial score (nSPS) is 15.8. The SMILES string of the molecule is CC(NC(=O)c1cc(S(=O)(=O)N2CCCC2)ccc1Cl)c1ccc(C#N)cc1. The van der Waals surface area contributed by atoms with Crippen molar-refractivity contribution < 1.29 is 13.2 Å². The molecule has 1 amide bonds. The second-order valence-electron chi connectivity index (χ2n) is 6.68. The largest absolute Gasteiger partial charge is 0.345 e. The van der Waals surface area contributed by atoms with Gasteiger partial charge in [0.1, 0.15) is 0 Å². The number of nitriles is 1. The number of nitrogens with one attached hydrogen (secondary N) is 1. The minimum Gasteiger partial charge on any atom is -0.345 e. The van der Waals surface area contributed by atoms with Crippen LogP contribution in [0, 0.1) is 11.3 Å². The molecule has 1 aliphatic heterocycles. The average Bonchev–Trinajstić information content (AvgIpc) is 3.24. The van der Waals surface area contributed by atoms with Gasteiger partial charge in [-0.15, -0.1) is 0 Å². The highest BCUT2D eigenvalue weighted by atomic mass is 35.5. The first-order valence-corrected chi connectivity index (χ1v) is 10.8. The Balaban J connectivity index is 1.82. The first-order valence-electron chi connectivity index (χ1n) is 8.93. The van der Waals surface area contributed by atoms with Crippen LogP contribution in [0.1, 0.15) is 47.3 Å². The van der Waals surface area contributed by atoms with Gasteiger partial charge in [0, 0.05) is 13.1 Å². The number of benzene rings is 2. The maximum atomic E-state index is 12.7. The van der Waals surface area contributed by atoms with E-state index in [1.54, 1.807) is 31.2 Å². The fraction of sp³-hybridized carbons (Fsp3) is 0.300. The summed E-state index contributed by atoms with van der Waals surface area (Å²) < 4.78 is 26.9. The summed E-state index contributed by atoms with van der Waals surface area (Å²) in [4.78, 5) is 12.8. The molecule has 1 N–H and O–H groups in total. The van der Waals surface area contributed by atoms with Gasteiger partial charge in [-0.1, -0.05) is 23.7 Å². The van der Waals surface area contributed by atoms with Gasteiger partial charge >= 0.3 is 0 Å². The van der Waals surface area contributed by atoms with E-state index in [4.69, 9.17) is 16.9 Å². The Labute approximate surface area is 169 Å². The van der Waals surface area contributed by atoms with Crippen LogP contribution in [0.2, 0.25) is 5.02 Å². The topological polar surface area (TPSA) is 90.3 Å². The summed E-state index contributed by atoms with van der Waals surface area (Å²) in [5.41, 5.74) is 1.47. The number of amides is 1. The van der Waals surface area contributed by atoms with Gasteiger partial charge in [0.2, 0.25) is 10.0 Å². The molecule has 1 fully saturated rings. The van der Waals surface area contributed by atoms with E-state index < -0.39 is 15.9 Å². The zero-order chi connectivity index (χ0) is 20.3. The van der Waals surface area contributed by atoms with Crippen LogP contribution >= 0.6 is 11.6 Å². The summed E-state index contributed by atoms with van der Waals surface area (Å²) in [6.45, 7) is 2.78. The molecule has 1 aliphatic rings. The zero-order valence-electron chi connectivity index (χ0n) is 15.4. The third-order valence-electron chi connectivity index (χ3n) is 4.77. The molecule has 1 saturated heterocycles. The number of rotatable bonds is 5. The van der Waals surface area contributed by atoms with Crippen molar-refractivity contribution in [3.63, 3.8) is 0 Å². The van der Waals surface area contributed by atoms with E-state index in [0.717, 1.165) is 18.4 Å². The molecule has 0 aromatic heterocycles. The lowest BCUT2D eigenvalue weighted by molar-refractivity contribution is 0.0940. The average molecular weight is 418 g/mol. The molecule has 0 radical (unpaired) electrons. The van der Waals surface area contributed by atoms with Crippen LogP contribution < -0.4 is 5.32 Å². The first-order chi connectivity index (χ1) is 13.3. The molecule has 1 heterocycles. The predicted molar refractivity (Wildman–Crippen MR) is 106 cm³/mol. The number of halogens is 1. The molecule has 0 aliphatic carbocycles. The molecule has 146 valence electrons. The van der Waals surface area contributed by atoms with E-state index in [0.29, 0.717) is 18.7 Å². The molecular formula is C20H20ClN3O3S. The van der Waals surface area contributed by atoms with Crippen molar-refractivity contribution in [1.82, 2.24) is 9.62 Å². The van der Waals surface area contributed by atoms with E-state index in [1.165, 1.54) is 22.5 Å². The number of carbonyl (C=O) groups excluding carboxylic acids is 1. The summed E-state index contributed by atoms with van der Waals surface area (Å²) in [6.07, 6.45) is 1.67. The third kappa shape index (κ3) is 4.20. The quantitative estimate of drug-likeness (QED) is 0.806. The molecular weight excluding hydrogens is 398 g/mol. The number of hydrogen-bond acceptors (Lipinski definition) is 4. The van der Waals surface area contributed by atoms with Crippen molar-refractivity contribution >= 4 is 27.5 Å². The molecule has 1 atom stereocenters. The second-order valence-corrected chi connectivity index (χ2v) is 9.03. The van der Waals surface area contributed by atoms with Crippen molar-refractivity contribution in [1.29, 1.82) is 5.26 Å². The Bertz CT molecular complexity index is 1020. The van der Waals surface area contributed by atoms with Crippen LogP contribution in [0.5, 0.6) is 0 Å². The van der Waals surface area contributed by atoms with Gasteiger partial charge in [0.25, 0.3) is 5.91 Å². The maximum absolute atomic E-state index is 12.7. The van der Waals surface area contributed by atoms with E-state index in [2.05, 4.69) is 5.32 Å². The highest BCUT2D eigenvalue weighted by Crippen LogP contribution is 2.26. The third-order valence-corrected chi connectivity index (χ3v) is 7.00. The minimum atomic E-state index is -3.64. The first kappa shape index (κ1) is 20.3. The monoisotopic (exact) mass is 417 g/mol. The lowest BCUT2D eigenvalue weighted by Crippen LogP contribution is -2.29. The van der Waals surface area contributed by atoms with Gasteiger partial charge in [0.15, 0.2) is 0 Å². The highest BCUT2D eigenvalue weighted by Gasteiger charge is 2.28. The van der Waals surface area contributed by atoms with Gasteiger partial charge in [-0.3, -0.25) is 4.79 Å². The second kappa shape index (κ2) is 8.31. The summed E-state index contributed by atoms with van der Waals surface area (Å²) >= 11 is 6.16. The van der Waals surface area contributed by atoms with Crippen LogP contribution in [0.3, 0.4) is 0 Å². The lowest BCUT2D eigenvalue weighted by atomic mass is 10.1. The Hall–Kier alpha value is -2.40. The van der Waals surface area contributed by atoms with Crippen LogP contribution in [-0.2, 0) is 10.0 Å². The molecule has 8 heteroatoms. The van der Waals surface area contributed by atoms with Gasteiger partial charge in [-0.2, -0.15) is 9.57 Å². The number of hydrogen-bond donors (Lipinski definition) is 1. The van der Waals surface area contributed by atoms with Crippen molar-refractivity contribution in [3.05, 3.63) is 64.2 Å². The van der Waals surface area contributed by atoms with E-state index in [9.17, 15) is 13.2 Å². The fourth-order valence-corrected chi connectivity index (χ4v) is 4.87. The number of carbonyl (C=O) groups is 1. The van der Waals surface area contributed by atoms with Crippen LogP contribution in [-0.4, -0.2) is 31.7 Å². The van der Waals surface area contributed by atoms with Gasteiger partial charge in [0.05, 0.1) is 33.2 Å². The molecule has 2 aromatic carbocycles. The van der Waals surface area contributed by atoms with E-state index in [1.807, 2.05) is 6.07 Å². The molecule has 0 spiro atoms.